The molecule has 1 aromatic rings. The van der Waals surface area contributed by atoms with E-state index >= 15 is 0 Å². The number of hydrogen-bond donors (Lipinski definition) is 1. The molecule has 3 aliphatic rings. The molecule has 1 aromatic carbocycles. The number of aryl methyl sites for hydroxylation is 1. The summed E-state index contributed by atoms with van der Waals surface area (Å²) in [6.07, 6.45) is 2.21. The summed E-state index contributed by atoms with van der Waals surface area (Å²) in [5, 5.41) is 2.70. The van der Waals surface area contributed by atoms with E-state index in [1.54, 1.807) is 11.9 Å². The van der Waals surface area contributed by atoms with Crippen molar-refractivity contribution in [2.24, 2.45) is 17.8 Å². The molecule has 146 valence electrons. The van der Waals surface area contributed by atoms with E-state index in [1.165, 1.54) is 0 Å². The number of benzene rings is 1. The fraction of sp³-hybridized carbons (Fsp3) is 0.600. The highest BCUT2D eigenvalue weighted by molar-refractivity contribution is 7.89. The number of rotatable bonds is 5. The van der Waals surface area contributed by atoms with E-state index < -0.39 is 11.4 Å². The van der Waals surface area contributed by atoms with Crippen LogP contribution >= 0.6 is 0 Å². The first kappa shape index (κ1) is 18.8. The fourth-order valence-electron chi connectivity index (χ4n) is 4.24. The van der Waals surface area contributed by atoms with Gasteiger partial charge in [-0.2, -0.15) is 0 Å². The van der Waals surface area contributed by atoms with Crippen LogP contribution < -0.4 is 5.32 Å². The molecule has 6 atom stereocenters. The maximum absolute atomic E-state index is 13.2. The Balaban J connectivity index is 1.48. The van der Waals surface area contributed by atoms with Crippen LogP contribution in [-0.4, -0.2) is 57.8 Å². The van der Waals surface area contributed by atoms with Crippen LogP contribution in [0.25, 0.3) is 0 Å². The summed E-state index contributed by atoms with van der Waals surface area (Å²) in [7, 11) is 1.63. The Hall–Kier alpha value is -1.57. The van der Waals surface area contributed by atoms with Crippen molar-refractivity contribution in [2.45, 2.75) is 43.7 Å². The molecular formula is C20H27N3O3S. The summed E-state index contributed by atoms with van der Waals surface area (Å²) in [5.41, 5.74) is 1.12. The predicted octanol–water partition coefficient (Wildman–Crippen LogP) is 1.32. The van der Waals surface area contributed by atoms with Crippen molar-refractivity contribution in [2.75, 3.05) is 20.1 Å². The molecule has 0 bridgehead atoms. The Bertz CT molecular complexity index is 736. The summed E-state index contributed by atoms with van der Waals surface area (Å²) in [6.45, 7) is 5.07. The minimum absolute atomic E-state index is 0.00701. The number of carbonyl (C=O) groups is 2. The van der Waals surface area contributed by atoms with Crippen molar-refractivity contribution in [1.82, 2.24) is 14.5 Å². The molecule has 2 saturated heterocycles. The lowest BCUT2D eigenvalue weighted by atomic mass is 9.98. The number of amides is 2. The zero-order chi connectivity index (χ0) is 19.3. The predicted molar refractivity (Wildman–Crippen MR) is 103 cm³/mol. The molecule has 6 nitrogen and oxygen atoms in total. The van der Waals surface area contributed by atoms with Crippen LogP contribution in [0.1, 0.15) is 25.3 Å². The maximum Gasteiger partial charge on any atom is 0.246 e. The van der Waals surface area contributed by atoms with E-state index in [0.717, 1.165) is 23.3 Å². The van der Waals surface area contributed by atoms with Gasteiger partial charge in [-0.25, -0.2) is 0 Å². The number of nitrogens with one attached hydrogen (secondary N) is 1. The molecule has 27 heavy (non-hydrogen) atoms. The van der Waals surface area contributed by atoms with Gasteiger partial charge in [0.05, 0.1) is 23.3 Å². The van der Waals surface area contributed by atoms with E-state index in [2.05, 4.69) is 5.32 Å². The van der Waals surface area contributed by atoms with Gasteiger partial charge in [-0.3, -0.25) is 9.59 Å². The third-order valence-corrected chi connectivity index (χ3v) is 7.61. The molecule has 1 saturated carbocycles. The zero-order valence-electron chi connectivity index (χ0n) is 16.1. The van der Waals surface area contributed by atoms with Crippen LogP contribution in [0, 0.1) is 24.7 Å². The van der Waals surface area contributed by atoms with Crippen LogP contribution in [0.3, 0.4) is 0 Å². The molecule has 4 unspecified atom stereocenters. The lowest BCUT2D eigenvalue weighted by molar-refractivity contribution is -0.130. The van der Waals surface area contributed by atoms with Gasteiger partial charge < -0.3 is 14.8 Å². The highest BCUT2D eigenvalue weighted by atomic mass is 32.2. The molecule has 0 aromatic heterocycles. The lowest BCUT2D eigenvalue weighted by Crippen LogP contribution is -2.37. The minimum atomic E-state index is -1.32. The molecule has 0 radical (unpaired) electrons. The van der Waals surface area contributed by atoms with E-state index in [1.807, 2.05) is 42.4 Å². The normalized spacial score (nSPS) is 33.6. The molecule has 1 aliphatic carbocycles. The summed E-state index contributed by atoms with van der Waals surface area (Å²) in [6, 6.07) is 7.44. The zero-order valence-corrected chi connectivity index (χ0v) is 16.9. The monoisotopic (exact) mass is 389 g/mol. The first-order chi connectivity index (χ1) is 12.9. The van der Waals surface area contributed by atoms with Crippen LogP contribution in [-0.2, 0) is 21.0 Å². The van der Waals surface area contributed by atoms with Gasteiger partial charge in [0.25, 0.3) is 0 Å². The highest BCUT2D eigenvalue weighted by Gasteiger charge is 2.67. The van der Waals surface area contributed by atoms with Crippen LogP contribution in [0.4, 0.5) is 0 Å². The maximum atomic E-state index is 13.2. The largest absolute Gasteiger partial charge is 0.593 e. The fourth-order valence-corrected chi connectivity index (χ4v) is 5.72. The summed E-state index contributed by atoms with van der Waals surface area (Å²) in [4.78, 5) is 27.8. The van der Waals surface area contributed by atoms with Crippen molar-refractivity contribution < 1.29 is 14.1 Å². The van der Waals surface area contributed by atoms with Gasteiger partial charge in [-0.05, 0) is 43.7 Å². The molecular weight excluding hydrogens is 362 g/mol. The summed E-state index contributed by atoms with van der Waals surface area (Å²) in [5.74, 6) is 0.484. The molecule has 2 aliphatic heterocycles. The van der Waals surface area contributed by atoms with Gasteiger partial charge in [0.2, 0.25) is 11.8 Å². The Kier molecular flexibility index (Phi) is 4.94. The summed E-state index contributed by atoms with van der Waals surface area (Å²) < 4.78 is 15.0. The molecule has 2 heterocycles. The van der Waals surface area contributed by atoms with Crippen molar-refractivity contribution in [3.63, 3.8) is 0 Å². The van der Waals surface area contributed by atoms with Crippen molar-refractivity contribution >= 4 is 23.2 Å². The number of hydrogen-bond acceptors (Lipinski definition) is 4. The Morgan fingerprint density at radius 1 is 1.19 bits per heavy atom. The van der Waals surface area contributed by atoms with Gasteiger partial charge in [0.1, 0.15) is 0 Å². The Morgan fingerprint density at radius 2 is 1.85 bits per heavy atom. The van der Waals surface area contributed by atoms with E-state index in [-0.39, 0.29) is 35.7 Å². The van der Waals surface area contributed by atoms with Crippen LogP contribution in [0.2, 0.25) is 0 Å². The molecule has 2 amide bonds. The van der Waals surface area contributed by atoms with Gasteiger partial charge in [0, 0.05) is 20.1 Å². The minimum Gasteiger partial charge on any atom is -0.593 e. The third kappa shape index (κ3) is 3.48. The standard InChI is InChI=1S/C20H27N3O3S/c1-12-4-8-15(9-5-12)27(26)23-17(14-6-7-14)18(23)20(25)22-10-13(2)16(11-22)19(24)21-3/h4-5,8-9,13-14,16-18H,6-7,10-11H2,1-3H3,(H,21,24)/t13?,16?,17-,18-,23?,27?/m1/s1. The van der Waals surface area contributed by atoms with Gasteiger partial charge in [0.15, 0.2) is 10.9 Å². The van der Waals surface area contributed by atoms with E-state index in [9.17, 15) is 14.1 Å². The average molecular weight is 390 g/mol. The van der Waals surface area contributed by atoms with E-state index in [0.29, 0.717) is 19.0 Å². The number of carbonyl (C=O) groups excluding carboxylic acids is 2. The lowest BCUT2D eigenvalue weighted by Gasteiger charge is -2.16. The number of likely N-dealkylation sites (tertiary alicyclic amines) is 1. The first-order valence-electron chi connectivity index (χ1n) is 9.69. The average Bonchev–Trinajstić information content (AvgIpc) is 3.56. The SMILES string of the molecule is CNC(=O)C1CN(C(=O)[C@H]2[C@@H](C3CC3)N2[S+]([O-])c2ccc(C)cc2)CC1C. The topological polar surface area (TPSA) is 75.5 Å². The van der Waals surface area contributed by atoms with Crippen molar-refractivity contribution in [3.05, 3.63) is 29.8 Å². The van der Waals surface area contributed by atoms with Crippen LogP contribution in [0.5, 0.6) is 0 Å². The Morgan fingerprint density at radius 3 is 2.44 bits per heavy atom. The van der Waals surface area contributed by atoms with Gasteiger partial charge >= 0.3 is 0 Å². The van der Waals surface area contributed by atoms with Crippen LogP contribution in [0.15, 0.2) is 29.2 Å². The molecule has 7 heteroatoms. The summed E-state index contributed by atoms with van der Waals surface area (Å²) >= 11 is -1.32. The van der Waals surface area contributed by atoms with Gasteiger partial charge in [-0.1, -0.05) is 24.6 Å². The molecule has 3 fully saturated rings. The third-order valence-electron chi connectivity index (χ3n) is 6.08. The quantitative estimate of drug-likeness (QED) is 0.609. The second kappa shape index (κ2) is 7.11. The van der Waals surface area contributed by atoms with Crippen molar-refractivity contribution in [1.29, 1.82) is 0 Å². The smallest absolute Gasteiger partial charge is 0.246 e. The van der Waals surface area contributed by atoms with E-state index in [4.69, 9.17) is 0 Å². The molecule has 1 N–H and O–H groups in total. The highest BCUT2D eigenvalue weighted by Crippen LogP contribution is 2.50. The number of nitrogens with zero attached hydrogens (tertiary/aromatic N) is 2. The van der Waals surface area contributed by atoms with Crippen molar-refractivity contribution in [3.8, 4) is 0 Å². The van der Waals surface area contributed by atoms with Gasteiger partial charge in [-0.15, -0.1) is 4.31 Å². The Labute approximate surface area is 163 Å². The second-order valence-electron chi connectivity index (χ2n) is 8.14. The second-order valence-corrected chi connectivity index (χ2v) is 9.53. The first-order valence-corrected chi connectivity index (χ1v) is 10.8. The molecule has 4 rings (SSSR count). The molecule has 0 spiro atoms.